The highest BCUT2D eigenvalue weighted by atomic mass is 19.4. The smallest absolute Gasteiger partial charge is 0.357 e. The maximum Gasteiger partial charge on any atom is 0.411 e. The molecule has 0 saturated carbocycles. The molecule has 1 rings (SSSR count). The Balaban J connectivity index is 2.11. The number of ether oxygens (including phenoxy) is 1. The Hall–Kier alpha value is -0.620. The summed E-state index contributed by atoms with van der Waals surface area (Å²) in [6.07, 6.45) is -1.94. The highest BCUT2D eigenvalue weighted by Crippen LogP contribution is 2.17. The summed E-state index contributed by atoms with van der Waals surface area (Å²) >= 11 is 0. The fourth-order valence-electron chi connectivity index (χ4n) is 1.51. The molecular formula is C9H14F3NO2. The quantitative estimate of drug-likeness (QED) is 0.678. The first-order chi connectivity index (χ1) is 7.01. The molecule has 0 N–H and O–H groups in total. The van der Waals surface area contributed by atoms with Crippen molar-refractivity contribution in [2.45, 2.75) is 19.0 Å². The predicted molar refractivity (Wildman–Crippen MR) is 47.2 cm³/mol. The summed E-state index contributed by atoms with van der Waals surface area (Å²) < 4.78 is 39.7. The van der Waals surface area contributed by atoms with Gasteiger partial charge in [0.2, 0.25) is 0 Å². The zero-order chi connectivity index (χ0) is 11.3. The van der Waals surface area contributed by atoms with Crippen LogP contribution >= 0.6 is 0 Å². The van der Waals surface area contributed by atoms with Gasteiger partial charge in [0.15, 0.2) is 0 Å². The molecule has 0 aromatic rings. The monoisotopic (exact) mass is 225 g/mol. The van der Waals surface area contributed by atoms with Crippen LogP contribution in [0.5, 0.6) is 0 Å². The molecule has 1 aliphatic heterocycles. The molecule has 0 unspecified atom stereocenters. The van der Waals surface area contributed by atoms with Crippen LogP contribution in [0.15, 0.2) is 0 Å². The van der Waals surface area contributed by atoms with E-state index in [1.807, 2.05) is 0 Å². The summed E-state index contributed by atoms with van der Waals surface area (Å²) in [5, 5.41) is 0. The number of alkyl halides is 3. The van der Waals surface area contributed by atoms with Gasteiger partial charge in [0.05, 0.1) is 6.73 Å². The number of likely N-dealkylation sites (tertiary alicyclic amines) is 1. The zero-order valence-corrected chi connectivity index (χ0v) is 8.29. The molecule has 1 heterocycles. The fourth-order valence-corrected chi connectivity index (χ4v) is 1.51. The molecule has 1 fully saturated rings. The first-order valence-corrected chi connectivity index (χ1v) is 4.83. The molecule has 0 spiro atoms. The van der Waals surface area contributed by atoms with Gasteiger partial charge < -0.3 is 9.53 Å². The summed E-state index contributed by atoms with van der Waals surface area (Å²) in [7, 11) is 0. The second-order valence-electron chi connectivity index (χ2n) is 3.68. The molecule has 1 saturated heterocycles. The van der Waals surface area contributed by atoms with Gasteiger partial charge in [-0.25, -0.2) is 0 Å². The Bertz CT molecular complexity index is 200. The highest BCUT2D eigenvalue weighted by Gasteiger charge is 2.28. The molecule has 0 amide bonds. The molecule has 0 bridgehead atoms. The van der Waals surface area contributed by atoms with Crippen molar-refractivity contribution in [1.82, 2.24) is 4.90 Å². The number of carbonyl (C=O) groups is 1. The third-order valence-corrected chi connectivity index (χ3v) is 2.36. The van der Waals surface area contributed by atoms with E-state index in [-0.39, 0.29) is 12.6 Å². The lowest BCUT2D eigenvalue weighted by atomic mass is 9.99. The molecule has 0 aliphatic carbocycles. The van der Waals surface area contributed by atoms with Crippen LogP contribution in [0.1, 0.15) is 12.8 Å². The van der Waals surface area contributed by atoms with Crippen molar-refractivity contribution in [1.29, 1.82) is 0 Å². The lowest BCUT2D eigenvalue weighted by Crippen LogP contribution is -2.36. The largest absolute Gasteiger partial charge is 0.411 e. The Kier molecular flexibility index (Phi) is 4.53. The Morgan fingerprint density at radius 2 is 1.93 bits per heavy atom. The summed E-state index contributed by atoms with van der Waals surface area (Å²) in [6, 6.07) is 0. The van der Waals surface area contributed by atoms with E-state index >= 15 is 0 Å². The third-order valence-electron chi connectivity index (χ3n) is 2.36. The normalized spacial score (nSPS) is 20.5. The average Bonchev–Trinajstić information content (AvgIpc) is 2.17. The molecule has 0 aromatic heterocycles. The molecule has 88 valence electrons. The molecule has 0 atom stereocenters. The van der Waals surface area contributed by atoms with E-state index in [0.29, 0.717) is 25.9 Å². The minimum absolute atomic E-state index is 0.00884. The number of aldehydes is 1. The van der Waals surface area contributed by atoms with Gasteiger partial charge in [-0.3, -0.25) is 4.90 Å². The molecule has 0 aromatic carbocycles. The molecule has 0 radical (unpaired) electrons. The standard InChI is InChI=1S/C9H14F3NO2/c10-9(11,12)6-15-7-13-3-1-8(5-14)2-4-13/h5,8H,1-4,6-7H2. The van der Waals surface area contributed by atoms with Crippen molar-refractivity contribution in [3.8, 4) is 0 Å². The first kappa shape index (κ1) is 12.4. The topological polar surface area (TPSA) is 29.5 Å². The number of halogens is 3. The summed E-state index contributed by atoms with van der Waals surface area (Å²) in [6.45, 7) is 0.0359. The Morgan fingerprint density at radius 3 is 2.40 bits per heavy atom. The molecule has 3 nitrogen and oxygen atoms in total. The van der Waals surface area contributed by atoms with E-state index in [1.165, 1.54) is 0 Å². The van der Waals surface area contributed by atoms with Crippen LogP contribution in [-0.4, -0.2) is 43.8 Å². The van der Waals surface area contributed by atoms with Crippen LogP contribution in [0.3, 0.4) is 0 Å². The molecule has 6 heteroatoms. The van der Waals surface area contributed by atoms with Gasteiger partial charge in [0, 0.05) is 19.0 Å². The van der Waals surface area contributed by atoms with Crippen LogP contribution in [0, 0.1) is 5.92 Å². The van der Waals surface area contributed by atoms with E-state index in [2.05, 4.69) is 4.74 Å². The van der Waals surface area contributed by atoms with Crippen molar-refractivity contribution in [3.05, 3.63) is 0 Å². The number of rotatable bonds is 4. The van der Waals surface area contributed by atoms with Gasteiger partial charge in [-0.15, -0.1) is 0 Å². The number of nitrogens with zero attached hydrogens (tertiary/aromatic N) is 1. The number of carbonyl (C=O) groups excluding carboxylic acids is 1. The zero-order valence-electron chi connectivity index (χ0n) is 8.29. The van der Waals surface area contributed by atoms with Crippen LogP contribution in [0.25, 0.3) is 0 Å². The second kappa shape index (κ2) is 5.46. The lowest BCUT2D eigenvalue weighted by molar-refractivity contribution is -0.184. The summed E-state index contributed by atoms with van der Waals surface area (Å²) in [4.78, 5) is 12.2. The second-order valence-corrected chi connectivity index (χ2v) is 3.68. The highest BCUT2D eigenvalue weighted by molar-refractivity contribution is 5.53. The average molecular weight is 225 g/mol. The maximum atomic E-state index is 11.7. The van der Waals surface area contributed by atoms with Crippen molar-refractivity contribution in [3.63, 3.8) is 0 Å². The summed E-state index contributed by atoms with van der Waals surface area (Å²) in [5.74, 6) is 0.0591. The minimum atomic E-state index is -4.26. The van der Waals surface area contributed by atoms with Crippen molar-refractivity contribution >= 4 is 6.29 Å². The van der Waals surface area contributed by atoms with Gasteiger partial charge >= 0.3 is 6.18 Å². The van der Waals surface area contributed by atoms with Crippen LogP contribution < -0.4 is 0 Å². The van der Waals surface area contributed by atoms with E-state index in [4.69, 9.17) is 0 Å². The van der Waals surface area contributed by atoms with Gasteiger partial charge in [-0.1, -0.05) is 0 Å². The lowest BCUT2D eigenvalue weighted by Gasteiger charge is -2.29. The molecule has 1 aliphatic rings. The number of hydrogen-bond donors (Lipinski definition) is 0. The Morgan fingerprint density at radius 1 is 1.33 bits per heavy atom. The summed E-state index contributed by atoms with van der Waals surface area (Å²) in [5.41, 5.74) is 0. The van der Waals surface area contributed by atoms with Crippen molar-refractivity contribution < 1.29 is 22.7 Å². The van der Waals surface area contributed by atoms with Gasteiger partial charge in [-0.2, -0.15) is 13.2 Å². The van der Waals surface area contributed by atoms with Crippen LogP contribution in [0.2, 0.25) is 0 Å². The third kappa shape index (κ3) is 5.13. The number of piperidine rings is 1. The number of hydrogen-bond acceptors (Lipinski definition) is 3. The Labute approximate surface area is 86.2 Å². The maximum absolute atomic E-state index is 11.7. The van der Waals surface area contributed by atoms with Gasteiger partial charge in [0.1, 0.15) is 12.9 Å². The minimum Gasteiger partial charge on any atom is -0.357 e. The first-order valence-electron chi connectivity index (χ1n) is 4.83. The van der Waals surface area contributed by atoms with Gasteiger partial charge in [0.25, 0.3) is 0 Å². The molecule has 15 heavy (non-hydrogen) atoms. The van der Waals surface area contributed by atoms with Crippen molar-refractivity contribution in [2.24, 2.45) is 5.92 Å². The van der Waals surface area contributed by atoms with E-state index in [1.54, 1.807) is 4.90 Å². The van der Waals surface area contributed by atoms with E-state index < -0.39 is 12.8 Å². The van der Waals surface area contributed by atoms with Gasteiger partial charge in [-0.05, 0) is 12.8 Å². The fraction of sp³-hybridized carbons (Fsp3) is 0.889. The van der Waals surface area contributed by atoms with Crippen molar-refractivity contribution in [2.75, 3.05) is 26.4 Å². The molecular weight excluding hydrogens is 211 g/mol. The van der Waals surface area contributed by atoms with E-state index in [9.17, 15) is 18.0 Å². The SMILES string of the molecule is O=CC1CCN(COCC(F)(F)F)CC1. The van der Waals surface area contributed by atoms with E-state index in [0.717, 1.165) is 6.29 Å². The van der Waals surface area contributed by atoms with Crippen LogP contribution in [-0.2, 0) is 9.53 Å². The van der Waals surface area contributed by atoms with Crippen LogP contribution in [0.4, 0.5) is 13.2 Å². The predicted octanol–water partition coefficient (Wildman–Crippen LogP) is 1.43.